The quantitative estimate of drug-likeness (QED) is 0.308. The maximum atomic E-state index is 13.6. The monoisotopic (exact) mass is 396 g/mol. The molecule has 0 amide bonds. The summed E-state index contributed by atoms with van der Waals surface area (Å²) in [5.74, 6) is -0.0504. The van der Waals surface area contributed by atoms with Gasteiger partial charge in [-0.3, -0.25) is 4.79 Å². The van der Waals surface area contributed by atoms with Gasteiger partial charge < -0.3 is 0 Å². The van der Waals surface area contributed by atoms with Gasteiger partial charge >= 0.3 is 0 Å². The molecule has 0 heterocycles. The minimum atomic E-state index is -0.241. The standard InChI is InChI=1S/C30H20O/c31-30-26-19-17-24(21-12-6-2-7-13-21)28-23(20-10-4-1-5-11-20)16-18-25(29(26)28)27(30)22-14-8-3-9-15-22/h1-19,27H. The lowest BCUT2D eigenvalue weighted by atomic mass is 9.87. The van der Waals surface area contributed by atoms with Gasteiger partial charge in [0, 0.05) is 5.56 Å². The van der Waals surface area contributed by atoms with Crippen LogP contribution in [-0.2, 0) is 0 Å². The van der Waals surface area contributed by atoms with Gasteiger partial charge in [-0.15, -0.1) is 0 Å². The summed E-state index contributed by atoms with van der Waals surface area (Å²) in [5.41, 5.74) is 7.66. The zero-order valence-corrected chi connectivity index (χ0v) is 17.0. The largest absolute Gasteiger partial charge is 0.293 e. The van der Waals surface area contributed by atoms with Gasteiger partial charge in [0.15, 0.2) is 5.78 Å². The molecule has 1 nitrogen and oxygen atoms in total. The van der Waals surface area contributed by atoms with Crippen LogP contribution in [0.25, 0.3) is 33.0 Å². The number of carbonyl (C=O) groups is 1. The first-order valence-corrected chi connectivity index (χ1v) is 10.6. The van der Waals surface area contributed by atoms with Gasteiger partial charge in [-0.2, -0.15) is 0 Å². The van der Waals surface area contributed by atoms with E-state index in [2.05, 4.69) is 78.9 Å². The van der Waals surface area contributed by atoms with E-state index < -0.39 is 0 Å². The van der Waals surface area contributed by atoms with E-state index in [4.69, 9.17) is 0 Å². The molecule has 0 spiro atoms. The average Bonchev–Trinajstić information content (AvgIpc) is 3.14. The molecule has 31 heavy (non-hydrogen) atoms. The second-order valence-corrected chi connectivity index (χ2v) is 8.05. The normalized spacial score (nSPS) is 14.8. The number of hydrogen-bond donors (Lipinski definition) is 0. The van der Waals surface area contributed by atoms with Crippen LogP contribution in [-0.4, -0.2) is 5.78 Å². The van der Waals surface area contributed by atoms with E-state index in [-0.39, 0.29) is 11.7 Å². The fraction of sp³-hybridized carbons (Fsp3) is 0.0333. The molecule has 0 aliphatic heterocycles. The lowest BCUT2D eigenvalue weighted by Gasteiger charge is -2.15. The van der Waals surface area contributed by atoms with Crippen molar-refractivity contribution in [3.05, 3.63) is 132 Å². The van der Waals surface area contributed by atoms with Crippen molar-refractivity contribution in [3.63, 3.8) is 0 Å². The zero-order chi connectivity index (χ0) is 20.8. The van der Waals surface area contributed by atoms with Crippen LogP contribution in [0.4, 0.5) is 0 Å². The first-order chi connectivity index (χ1) is 15.3. The summed E-state index contributed by atoms with van der Waals surface area (Å²) in [6.07, 6.45) is 0. The molecule has 0 radical (unpaired) electrons. The molecule has 0 saturated heterocycles. The highest BCUT2D eigenvalue weighted by Crippen LogP contribution is 2.47. The van der Waals surface area contributed by atoms with Crippen LogP contribution in [0, 0.1) is 0 Å². The van der Waals surface area contributed by atoms with E-state index in [0.29, 0.717) is 0 Å². The van der Waals surface area contributed by atoms with Crippen molar-refractivity contribution in [2.75, 3.05) is 0 Å². The summed E-state index contributed by atoms with van der Waals surface area (Å²) >= 11 is 0. The molecule has 6 rings (SSSR count). The molecule has 0 fully saturated rings. The van der Waals surface area contributed by atoms with Crippen molar-refractivity contribution >= 4 is 16.6 Å². The molecule has 0 N–H and O–H groups in total. The molecular weight excluding hydrogens is 376 g/mol. The lowest BCUT2D eigenvalue weighted by Crippen LogP contribution is -2.07. The number of ketones is 1. The SMILES string of the molecule is O=C1c2ccc(-c3ccccc3)c3c(-c4ccccc4)ccc(c23)C1c1ccccc1. The molecule has 0 saturated carbocycles. The van der Waals surface area contributed by atoms with Crippen LogP contribution in [0.5, 0.6) is 0 Å². The maximum Gasteiger partial charge on any atom is 0.175 e. The van der Waals surface area contributed by atoms with E-state index in [1.54, 1.807) is 0 Å². The highest BCUT2D eigenvalue weighted by atomic mass is 16.1. The lowest BCUT2D eigenvalue weighted by molar-refractivity contribution is 0.0981. The molecule has 1 aliphatic carbocycles. The Hall–Kier alpha value is -3.97. The number of Topliss-reactive ketones (excluding diaryl/α,β-unsaturated/α-hetero) is 1. The Bertz CT molecular complexity index is 1370. The summed E-state index contributed by atoms with van der Waals surface area (Å²) in [5, 5.41) is 2.26. The van der Waals surface area contributed by atoms with Crippen molar-refractivity contribution in [1.29, 1.82) is 0 Å². The summed E-state index contributed by atoms with van der Waals surface area (Å²) in [7, 11) is 0. The average molecular weight is 396 g/mol. The van der Waals surface area contributed by atoms with E-state index in [1.807, 2.05) is 36.4 Å². The number of carbonyl (C=O) groups excluding carboxylic acids is 1. The first-order valence-electron chi connectivity index (χ1n) is 10.6. The number of rotatable bonds is 3. The van der Waals surface area contributed by atoms with Crippen molar-refractivity contribution < 1.29 is 4.79 Å². The summed E-state index contributed by atoms with van der Waals surface area (Å²) in [4.78, 5) is 13.6. The highest BCUT2D eigenvalue weighted by Gasteiger charge is 2.35. The molecule has 1 heteroatoms. The fourth-order valence-electron chi connectivity index (χ4n) is 4.96. The van der Waals surface area contributed by atoms with E-state index in [9.17, 15) is 4.79 Å². The van der Waals surface area contributed by atoms with Crippen LogP contribution in [0.1, 0.15) is 27.4 Å². The van der Waals surface area contributed by atoms with Crippen LogP contribution >= 0.6 is 0 Å². The van der Waals surface area contributed by atoms with Gasteiger partial charge in [0.1, 0.15) is 0 Å². The second kappa shape index (κ2) is 7.07. The topological polar surface area (TPSA) is 17.1 Å². The Labute approximate surface area is 181 Å². The van der Waals surface area contributed by atoms with Gasteiger partial charge in [-0.1, -0.05) is 115 Å². The third-order valence-electron chi connectivity index (χ3n) is 6.33. The molecule has 5 aromatic carbocycles. The predicted octanol–water partition coefficient (Wildman–Crippen LogP) is 7.50. The maximum absolute atomic E-state index is 13.6. The first kappa shape index (κ1) is 17.9. The molecule has 0 bridgehead atoms. The molecule has 146 valence electrons. The molecule has 0 aromatic heterocycles. The Morgan fingerprint density at radius 2 is 0.935 bits per heavy atom. The van der Waals surface area contributed by atoms with E-state index >= 15 is 0 Å². The molecule has 1 aliphatic rings. The van der Waals surface area contributed by atoms with Gasteiger partial charge in [-0.05, 0) is 44.2 Å². The number of hydrogen-bond acceptors (Lipinski definition) is 1. The van der Waals surface area contributed by atoms with Gasteiger partial charge in [0.05, 0.1) is 5.92 Å². The third-order valence-corrected chi connectivity index (χ3v) is 6.33. The van der Waals surface area contributed by atoms with Crippen molar-refractivity contribution in [1.82, 2.24) is 0 Å². The van der Waals surface area contributed by atoms with E-state index in [1.165, 1.54) is 27.6 Å². The Kier molecular flexibility index (Phi) is 4.07. The molecular formula is C30H20O. The van der Waals surface area contributed by atoms with Crippen molar-refractivity contribution in [2.24, 2.45) is 0 Å². The van der Waals surface area contributed by atoms with Gasteiger partial charge in [0.25, 0.3) is 0 Å². The summed E-state index contributed by atoms with van der Waals surface area (Å²) < 4.78 is 0. The Morgan fingerprint density at radius 3 is 1.52 bits per heavy atom. The van der Waals surface area contributed by atoms with Crippen LogP contribution in [0.15, 0.2) is 115 Å². The van der Waals surface area contributed by atoms with Gasteiger partial charge in [0.2, 0.25) is 0 Å². The predicted molar refractivity (Wildman–Crippen MR) is 127 cm³/mol. The van der Waals surface area contributed by atoms with E-state index in [0.717, 1.165) is 22.1 Å². The summed E-state index contributed by atoms with van der Waals surface area (Å²) in [6, 6.07) is 39.6. The van der Waals surface area contributed by atoms with Crippen LogP contribution in [0.2, 0.25) is 0 Å². The minimum Gasteiger partial charge on any atom is -0.293 e. The third kappa shape index (κ3) is 2.74. The Morgan fingerprint density at radius 1 is 0.452 bits per heavy atom. The van der Waals surface area contributed by atoms with Gasteiger partial charge in [-0.25, -0.2) is 0 Å². The smallest absolute Gasteiger partial charge is 0.175 e. The highest BCUT2D eigenvalue weighted by molar-refractivity contribution is 6.24. The molecule has 5 aromatic rings. The second-order valence-electron chi connectivity index (χ2n) is 8.05. The molecule has 1 unspecified atom stereocenters. The fourth-order valence-corrected chi connectivity index (χ4v) is 4.96. The van der Waals surface area contributed by atoms with Crippen molar-refractivity contribution in [3.8, 4) is 22.3 Å². The summed E-state index contributed by atoms with van der Waals surface area (Å²) in [6.45, 7) is 0. The Balaban J connectivity index is 1.72. The zero-order valence-electron chi connectivity index (χ0n) is 17.0. The molecule has 1 atom stereocenters. The van der Waals surface area contributed by atoms with Crippen LogP contribution < -0.4 is 0 Å². The number of benzene rings is 5. The van der Waals surface area contributed by atoms with Crippen LogP contribution in [0.3, 0.4) is 0 Å². The van der Waals surface area contributed by atoms with Crippen molar-refractivity contribution in [2.45, 2.75) is 5.92 Å². The minimum absolute atomic E-state index is 0.191.